The fourth-order valence-electron chi connectivity index (χ4n) is 1.69. The minimum absolute atomic E-state index is 0.00120. The number of carboxylic acids is 1. The molecule has 2 aromatic carbocycles. The average molecular weight is 340 g/mol. The van der Waals surface area contributed by atoms with Crippen molar-refractivity contribution in [1.29, 1.82) is 0 Å². The summed E-state index contributed by atoms with van der Waals surface area (Å²) in [6.45, 7) is 0.0700. The van der Waals surface area contributed by atoms with E-state index in [1.807, 2.05) is 18.2 Å². The van der Waals surface area contributed by atoms with E-state index < -0.39 is 12.1 Å². The van der Waals surface area contributed by atoms with Gasteiger partial charge in [0.25, 0.3) is 0 Å². The molecule has 0 aromatic heterocycles. The van der Waals surface area contributed by atoms with E-state index in [4.69, 9.17) is 33.0 Å². The van der Waals surface area contributed by atoms with Crippen molar-refractivity contribution in [1.82, 2.24) is 0 Å². The van der Waals surface area contributed by atoms with Gasteiger partial charge in [0.15, 0.2) is 0 Å². The van der Waals surface area contributed by atoms with Crippen LogP contribution in [0.4, 0.5) is 10.5 Å². The number of rotatable bonds is 4. The third kappa shape index (κ3) is 3.90. The normalized spacial score (nSPS) is 10.1. The highest BCUT2D eigenvalue weighted by Gasteiger charge is 2.17. The molecule has 0 aliphatic heterocycles. The van der Waals surface area contributed by atoms with Crippen molar-refractivity contribution in [2.45, 2.75) is 6.61 Å². The van der Waals surface area contributed by atoms with Gasteiger partial charge < -0.3 is 9.84 Å². The first-order valence-corrected chi connectivity index (χ1v) is 6.93. The number of carbonyl (C=O) groups excluding carboxylic acids is 1. The number of aromatic carboxylic acids is 1. The molecular formula is C15H11Cl2NO4. The molecule has 0 saturated carbocycles. The Morgan fingerprint density at radius 3 is 2.41 bits per heavy atom. The van der Waals surface area contributed by atoms with Crippen LogP contribution in [0.2, 0.25) is 10.0 Å². The largest absolute Gasteiger partial charge is 0.478 e. The summed E-state index contributed by atoms with van der Waals surface area (Å²) >= 11 is 11.9. The number of carbonyl (C=O) groups is 2. The van der Waals surface area contributed by atoms with Crippen LogP contribution in [0.15, 0.2) is 42.5 Å². The number of nitrogens with one attached hydrogen (secondary N) is 1. The van der Waals surface area contributed by atoms with Crippen molar-refractivity contribution >= 4 is 41.0 Å². The lowest BCUT2D eigenvalue weighted by atomic mass is 10.2. The zero-order valence-electron chi connectivity index (χ0n) is 11.2. The molecule has 0 radical (unpaired) electrons. The number of carboxylic acid groups (broad SMARTS) is 1. The highest BCUT2D eigenvalue weighted by molar-refractivity contribution is 6.41. The maximum absolute atomic E-state index is 11.8. The first kappa shape index (κ1) is 16.1. The molecule has 2 N–H and O–H groups in total. The highest BCUT2D eigenvalue weighted by atomic mass is 35.5. The quantitative estimate of drug-likeness (QED) is 0.863. The van der Waals surface area contributed by atoms with Gasteiger partial charge in [-0.2, -0.15) is 0 Å². The van der Waals surface area contributed by atoms with E-state index in [2.05, 4.69) is 5.32 Å². The van der Waals surface area contributed by atoms with Gasteiger partial charge in [0.2, 0.25) is 0 Å². The SMILES string of the molecule is O=C(Nc1c(Cl)ccc(C(=O)O)c1Cl)OCc1ccccc1. The van der Waals surface area contributed by atoms with Gasteiger partial charge in [-0.15, -0.1) is 0 Å². The minimum atomic E-state index is -1.22. The van der Waals surface area contributed by atoms with Crippen molar-refractivity contribution in [3.63, 3.8) is 0 Å². The molecule has 0 spiro atoms. The van der Waals surface area contributed by atoms with Gasteiger partial charge >= 0.3 is 12.1 Å². The second kappa shape index (κ2) is 7.15. The smallest absolute Gasteiger partial charge is 0.412 e. The molecule has 0 bridgehead atoms. The third-order valence-electron chi connectivity index (χ3n) is 2.76. The van der Waals surface area contributed by atoms with Gasteiger partial charge in [-0.05, 0) is 17.7 Å². The van der Waals surface area contributed by atoms with E-state index in [9.17, 15) is 9.59 Å². The first-order valence-electron chi connectivity index (χ1n) is 6.18. The van der Waals surface area contributed by atoms with Gasteiger partial charge in [-0.25, -0.2) is 9.59 Å². The lowest BCUT2D eigenvalue weighted by Gasteiger charge is -2.11. The fourth-order valence-corrected chi connectivity index (χ4v) is 2.24. The molecule has 0 fully saturated rings. The lowest BCUT2D eigenvalue weighted by molar-refractivity contribution is 0.0697. The second-order valence-electron chi connectivity index (χ2n) is 4.28. The van der Waals surface area contributed by atoms with Crippen LogP contribution in [0.1, 0.15) is 15.9 Å². The topological polar surface area (TPSA) is 75.6 Å². The van der Waals surface area contributed by atoms with E-state index in [1.165, 1.54) is 12.1 Å². The van der Waals surface area contributed by atoms with Crippen molar-refractivity contribution in [3.05, 3.63) is 63.6 Å². The summed E-state index contributed by atoms with van der Waals surface area (Å²) in [6.07, 6.45) is -0.782. The molecule has 0 atom stereocenters. The van der Waals surface area contributed by atoms with E-state index in [1.54, 1.807) is 12.1 Å². The highest BCUT2D eigenvalue weighted by Crippen LogP contribution is 2.33. The Balaban J connectivity index is 2.08. The first-order chi connectivity index (χ1) is 10.5. The van der Waals surface area contributed by atoms with E-state index >= 15 is 0 Å². The fraction of sp³-hybridized carbons (Fsp3) is 0.0667. The Kier molecular flexibility index (Phi) is 5.25. The molecule has 2 aromatic rings. The number of benzene rings is 2. The molecule has 0 heterocycles. The summed E-state index contributed by atoms with van der Waals surface area (Å²) in [5.74, 6) is -1.22. The van der Waals surface area contributed by atoms with Crippen LogP contribution < -0.4 is 5.32 Å². The molecule has 114 valence electrons. The summed E-state index contributed by atoms with van der Waals surface area (Å²) < 4.78 is 5.03. The van der Waals surface area contributed by atoms with Crippen LogP contribution in [-0.2, 0) is 11.3 Å². The van der Waals surface area contributed by atoms with Gasteiger partial charge in [0.1, 0.15) is 6.61 Å². The molecule has 0 unspecified atom stereocenters. The number of halogens is 2. The molecule has 0 aliphatic rings. The van der Waals surface area contributed by atoms with E-state index in [0.717, 1.165) is 5.56 Å². The maximum Gasteiger partial charge on any atom is 0.412 e. The van der Waals surface area contributed by atoms with Gasteiger partial charge in [0, 0.05) is 0 Å². The molecule has 0 saturated heterocycles. The van der Waals surface area contributed by atoms with E-state index in [-0.39, 0.29) is 27.9 Å². The number of ether oxygens (including phenoxy) is 1. The Bertz CT molecular complexity index is 704. The van der Waals surface area contributed by atoms with Crippen LogP contribution >= 0.6 is 23.2 Å². The molecule has 0 aliphatic carbocycles. The van der Waals surface area contributed by atoms with E-state index in [0.29, 0.717) is 0 Å². The maximum atomic E-state index is 11.8. The molecular weight excluding hydrogens is 329 g/mol. The predicted octanol–water partition coefficient (Wildman–Crippen LogP) is 4.44. The van der Waals surface area contributed by atoms with Crippen molar-refractivity contribution in [3.8, 4) is 0 Å². The minimum Gasteiger partial charge on any atom is -0.478 e. The monoisotopic (exact) mass is 339 g/mol. The summed E-state index contributed by atoms with van der Waals surface area (Å²) in [5.41, 5.74) is 0.653. The Morgan fingerprint density at radius 2 is 1.77 bits per heavy atom. The van der Waals surface area contributed by atoms with Crippen molar-refractivity contribution in [2.24, 2.45) is 0 Å². The molecule has 1 amide bonds. The molecule has 7 heteroatoms. The molecule has 5 nitrogen and oxygen atoms in total. The Hall–Kier alpha value is -2.24. The molecule has 22 heavy (non-hydrogen) atoms. The van der Waals surface area contributed by atoms with Crippen LogP contribution in [0.5, 0.6) is 0 Å². The number of hydrogen-bond donors (Lipinski definition) is 2. The van der Waals surface area contributed by atoms with Gasteiger partial charge in [-0.3, -0.25) is 5.32 Å². The molecule has 2 rings (SSSR count). The van der Waals surface area contributed by atoms with Gasteiger partial charge in [-0.1, -0.05) is 53.5 Å². The summed E-state index contributed by atoms with van der Waals surface area (Å²) in [6, 6.07) is 11.7. The van der Waals surface area contributed by atoms with Crippen molar-refractivity contribution in [2.75, 3.05) is 5.32 Å². The lowest BCUT2D eigenvalue weighted by Crippen LogP contribution is -2.15. The second-order valence-corrected chi connectivity index (χ2v) is 5.06. The summed E-state index contributed by atoms with van der Waals surface area (Å²) in [7, 11) is 0. The number of amides is 1. The van der Waals surface area contributed by atoms with Crippen molar-refractivity contribution < 1.29 is 19.4 Å². The standard InChI is InChI=1S/C15H11Cl2NO4/c16-11-7-6-10(14(19)20)12(17)13(11)18-15(21)22-8-9-4-2-1-3-5-9/h1-7H,8H2,(H,18,21)(H,19,20). The number of anilines is 1. The zero-order valence-corrected chi connectivity index (χ0v) is 12.7. The third-order valence-corrected chi connectivity index (χ3v) is 3.47. The van der Waals surface area contributed by atoms with Crippen LogP contribution in [0.3, 0.4) is 0 Å². The predicted molar refractivity (Wildman–Crippen MR) is 83.7 cm³/mol. The van der Waals surface area contributed by atoms with Crippen LogP contribution in [0.25, 0.3) is 0 Å². The average Bonchev–Trinajstić information content (AvgIpc) is 2.50. The Morgan fingerprint density at radius 1 is 1.09 bits per heavy atom. The Labute approximate surface area is 136 Å². The van der Waals surface area contributed by atoms with Crippen LogP contribution in [-0.4, -0.2) is 17.2 Å². The summed E-state index contributed by atoms with van der Waals surface area (Å²) in [5, 5.41) is 11.3. The summed E-state index contributed by atoms with van der Waals surface area (Å²) in [4.78, 5) is 22.8. The number of hydrogen-bond acceptors (Lipinski definition) is 3. The van der Waals surface area contributed by atoms with Gasteiger partial charge in [0.05, 0.1) is 21.3 Å². The van der Waals surface area contributed by atoms with Crippen LogP contribution in [0, 0.1) is 0 Å². The zero-order chi connectivity index (χ0) is 16.1.